The summed E-state index contributed by atoms with van der Waals surface area (Å²) in [5.41, 5.74) is 3.77. The highest BCUT2D eigenvalue weighted by Gasteiger charge is 2.08. The summed E-state index contributed by atoms with van der Waals surface area (Å²) >= 11 is 0. The third-order valence-corrected chi connectivity index (χ3v) is 3.91. The maximum Gasteiger partial charge on any atom is 0.191 e. The number of rotatable bonds is 7. The van der Waals surface area contributed by atoms with E-state index in [1.807, 2.05) is 6.92 Å². The summed E-state index contributed by atoms with van der Waals surface area (Å²) in [6.07, 6.45) is 0.940. The Balaban J connectivity index is 0.00000288. The van der Waals surface area contributed by atoms with Gasteiger partial charge in [-0.1, -0.05) is 25.1 Å². The average Bonchev–Trinajstić information content (AvgIpc) is 2.88. The van der Waals surface area contributed by atoms with Crippen molar-refractivity contribution in [1.82, 2.24) is 15.6 Å². The molecule has 0 fully saturated rings. The van der Waals surface area contributed by atoms with E-state index < -0.39 is 0 Å². The smallest absolute Gasteiger partial charge is 0.191 e. The first kappa shape index (κ1) is 20.8. The van der Waals surface area contributed by atoms with Gasteiger partial charge < -0.3 is 20.7 Å². The van der Waals surface area contributed by atoms with Crippen LogP contribution in [0.4, 0.5) is 0 Å². The lowest BCUT2D eigenvalue weighted by atomic mass is 10.1. The summed E-state index contributed by atoms with van der Waals surface area (Å²) in [7, 11) is 0. The van der Waals surface area contributed by atoms with Crippen molar-refractivity contribution in [2.24, 2.45) is 10.9 Å². The summed E-state index contributed by atoms with van der Waals surface area (Å²) in [5, 5.41) is 17.0. The minimum absolute atomic E-state index is 0. The van der Waals surface area contributed by atoms with E-state index in [-0.39, 0.29) is 36.5 Å². The second-order valence-electron chi connectivity index (χ2n) is 5.96. The molecule has 1 atom stereocenters. The van der Waals surface area contributed by atoms with Crippen LogP contribution in [0.2, 0.25) is 0 Å². The Bertz CT molecular complexity index is 654. The van der Waals surface area contributed by atoms with E-state index in [0.29, 0.717) is 6.54 Å². The Morgan fingerprint density at radius 1 is 1.29 bits per heavy atom. The Labute approximate surface area is 161 Å². The quantitative estimate of drug-likeness (QED) is 0.302. The van der Waals surface area contributed by atoms with Crippen LogP contribution < -0.4 is 10.6 Å². The maximum atomic E-state index is 9.10. The summed E-state index contributed by atoms with van der Waals surface area (Å²) in [6.45, 7) is 8.60. The van der Waals surface area contributed by atoms with Crippen LogP contribution in [0.25, 0.3) is 10.9 Å². The molecule has 0 aliphatic heterocycles. The standard InChI is InChI=1S/C18H28N4O.HI/c1-4-19-18(21-11-13(2)12-23)20-10-9-15-14(3)22-17-8-6-5-7-16(15)17;/h5-8,13,22-23H,4,9-12H2,1-3H3,(H2,19,20,21);1H. The number of aryl methyl sites for hydroxylation is 1. The lowest BCUT2D eigenvalue weighted by molar-refractivity contribution is 0.241. The molecule has 0 radical (unpaired) electrons. The van der Waals surface area contributed by atoms with Gasteiger partial charge in [0.1, 0.15) is 0 Å². The second-order valence-corrected chi connectivity index (χ2v) is 5.96. The predicted octanol–water partition coefficient (Wildman–Crippen LogP) is 2.82. The van der Waals surface area contributed by atoms with E-state index in [1.165, 1.54) is 22.2 Å². The molecule has 1 heterocycles. The minimum atomic E-state index is 0. The highest BCUT2D eigenvalue weighted by atomic mass is 127. The van der Waals surface area contributed by atoms with Gasteiger partial charge in [0.25, 0.3) is 0 Å². The molecule has 2 aromatic rings. The number of halogens is 1. The van der Waals surface area contributed by atoms with Crippen molar-refractivity contribution in [2.45, 2.75) is 27.2 Å². The van der Waals surface area contributed by atoms with Gasteiger partial charge in [0, 0.05) is 42.8 Å². The molecule has 0 amide bonds. The number of aliphatic hydroxyl groups is 1. The molecule has 2 rings (SSSR count). The molecule has 24 heavy (non-hydrogen) atoms. The van der Waals surface area contributed by atoms with Crippen molar-refractivity contribution in [3.8, 4) is 0 Å². The van der Waals surface area contributed by atoms with Crippen LogP contribution in [-0.2, 0) is 6.42 Å². The Morgan fingerprint density at radius 2 is 2.04 bits per heavy atom. The Hall–Kier alpha value is -1.28. The first-order valence-electron chi connectivity index (χ1n) is 8.35. The van der Waals surface area contributed by atoms with E-state index in [0.717, 1.165) is 25.5 Å². The molecule has 1 aromatic carbocycles. The maximum absolute atomic E-state index is 9.10. The number of hydrogen-bond acceptors (Lipinski definition) is 2. The van der Waals surface area contributed by atoms with Crippen LogP contribution in [0, 0.1) is 12.8 Å². The molecule has 0 saturated heterocycles. The highest BCUT2D eigenvalue weighted by molar-refractivity contribution is 14.0. The molecule has 134 valence electrons. The van der Waals surface area contributed by atoms with Crippen molar-refractivity contribution in [3.05, 3.63) is 35.5 Å². The number of aromatic nitrogens is 1. The van der Waals surface area contributed by atoms with Crippen LogP contribution in [0.1, 0.15) is 25.1 Å². The number of para-hydroxylation sites is 1. The highest BCUT2D eigenvalue weighted by Crippen LogP contribution is 2.21. The lowest BCUT2D eigenvalue weighted by Gasteiger charge is -2.12. The SMILES string of the molecule is CCNC(=NCC(C)CO)NCCc1c(C)[nH]c2ccccc12.I. The number of aliphatic hydroxyl groups excluding tert-OH is 1. The van der Waals surface area contributed by atoms with Crippen molar-refractivity contribution in [1.29, 1.82) is 0 Å². The fourth-order valence-electron chi connectivity index (χ4n) is 2.61. The number of guanidine groups is 1. The first-order chi connectivity index (χ1) is 11.2. The molecule has 0 aliphatic carbocycles. The van der Waals surface area contributed by atoms with Crippen molar-refractivity contribution < 1.29 is 5.11 Å². The predicted molar refractivity (Wildman–Crippen MR) is 112 cm³/mol. The fraction of sp³-hybridized carbons (Fsp3) is 0.500. The first-order valence-corrected chi connectivity index (χ1v) is 8.35. The van der Waals surface area contributed by atoms with Gasteiger partial charge in [0.2, 0.25) is 0 Å². The molecule has 1 unspecified atom stereocenters. The largest absolute Gasteiger partial charge is 0.396 e. The van der Waals surface area contributed by atoms with E-state index in [2.05, 4.69) is 58.7 Å². The molecule has 5 nitrogen and oxygen atoms in total. The van der Waals surface area contributed by atoms with Gasteiger partial charge in [-0.05, 0) is 37.8 Å². The number of aliphatic imine (C=N–C) groups is 1. The third-order valence-electron chi connectivity index (χ3n) is 3.91. The molecule has 6 heteroatoms. The molecule has 0 saturated carbocycles. The Morgan fingerprint density at radius 3 is 2.75 bits per heavy atom. The molecule has 0 bridgehead atoms. The zero-order valence-electron chi connectivity index (χ0n) is 14.7. The van der Waals surface area contributed by atoms with E-state index in [4.69, 9.17) is 5.11 Å². The van der Waals surface area contributed by atoms with Gasteiger partial charge in [-0.15, -0.1) is 24.0 Å². The van der Waals surface area contributed by atoms with Gasteiger partial charge in [-0.2, -0.15) is 0 Å². The normalized spacial score (nSPS) is 12.8. The van der Waals surface area contributed by atoms with Crippen molar-refractivity contribution >= 4 is 40.8 Å². The van der Waals surface area contributed by atoms with Gasteiger partial charge in [0.15, 0.2) is 5.96 Å². The van der Waals surface area contributed by atoms with Crippen LogP contribution in [-0.4, -0.2) is 42.3 Å². The number of benzene rings is 1. The van der Waals surface area contributed by atoms with Crippen molar-refractivity contribution in [2.75, 3.05) is 26.2 Å². The molecule has 4 N–H and O–H groups in total. The fourth-order valence-corrected chi connectivity index (χ4v) is 2.61. The van der Waals surface area contributed by atoms with E-state index in [9.17, 15) is 0 Å². The summed E-state index contributed by atoms with van der Waals surface area (Å²) in [5.74, 6) is 0.992. The summed E-state index contributed by atoms with van der Waals surface area (Å²) in [4.78, 5) is 7.95. The number of H-pyrrole nitrogens is 1. The molecular weight excluding hydrogens is 415 g/mol. The monoisotopic (exact) mass is 444 g/mol. The second kappa shape index (κ2) is 10.6. The summed E-state index contributed by atoms with van der Waals surface area (Å²) < 4.78 is 0. The van der Waals surface area contributed by atoms with Crippen LogP contribution >= 0.6 is 24.0 Å². The Kier molecular flexibility index (Phi) is 9.13. The zero-order chi connectivity index (χ0) is 16.7. The molecule has 1 aromatic heterocycles. The number of nitrogens with zero attached hydrogens (tertiary/aromatic N) is 1. The summed E-state index contributed by atoms with van der Waals surface area (Å²) in [6, 6.07) is 8.41. The van der Waals surface area contributed by atoms with Crippen molar-refractivity contribution in [3.63, 3.8) is 0 Å². The van der Waals surface area contributed by atoms with Gasteiger partial charge in [-0.3, -0.25) is 4.99 Å². The number of aromatic amines is 1. The molecule has 0 spiro atoms. The van der Waals surface area contributed by atoms with E-state index in [1.54, 1.807) is 0 Å². The van der Waals surface area contributed by atoms with E-state index >= 15 is 0 Å². The number of nitrogens with one attached hydrogen (secondary N) is 3. The average molecular weight is 444 g/mol. The van der Waals surface area contributed by atoms with Crippen LogP contribution in [0.5, 0.6) is 0 Å². The van der Waals surface area contributed by atoms with Crippen LogP contribution in [0.3, 0.4) is 0 Å². The number of fused-ring (bicyclic) bond motifs is 1. The molecule has 0 aliphatic rings. The van der Waals surface area contributed by atoms with Crippen LogP contribution in [0.15, 0.2) is 29.3 Å². The lowest BCUT2D eigenvalue weighted by Crippen LogP contribution is -2.38. The van der Waals surface area contributed by atoms with Gasteiger partial charge in [-0.25, -0.2) is 0 Å². The zero-order valence-corrected chi connectivity index (χ0v) is 17.1. The third kappa shape index (κ3) is 5.66. The number of hydrogen-bond donors (Lipinski definition) is 4. The van der Waals surface area contributed by atoms with Gasteiger partial charge >= 0.3 is 0 Å². The van der Waals surface area contributed by atoms with Gasteiger partial charge in [0.05, 0.1) is 0 Å². The topological polar surface area (TPSA) is 72.4 Å². The molecular formula is C18H29IN4O. The minimum Gasteiger partial charge on any atom is -0.396 e.